The van der Waals surface area contributed by atoms with Crippen molar-refractivity contribution in [2.45, 2.75) is 37.3 Å². The van der Waals surface area contributed by atoms with Crippen LogP contribution in [0.3, 0.4) is 0 Å². The summed E-state index contributed by atoms with van der Waals surface area (Å²) in [5.74, 6) is 0.668. The first-order valence-corrected chi connectivity index (χ1v) is 8.28. The van der Waals surface area contributed by atoms with Gasteiger partial charge in [-0.1, -0.05) is 0 Å². The fourth-order valence-corrected chi connectivity index (χ4v) is 3.89. The summed E-state index contributed by atoms with van der Waals surface area (Å²) in [5, 5.41) is 4.34. The molecule has 1 aromatic heterocycles. The molecule has 6 heteroatoms. The van der Waals surface area contributed by atoms with E-state index < -0.39 is 0 Å². The molecule has 0 N–H and O–H groups in total. The fourth-order valence-electron chi connectivity index (χ4n) is 3.89. The third kappa shape index (κ3) is 2.34. The van der Waals surface area contributed by atoms with Crippen LogP contribution in [0.1, 0.15) is 41.2 Å². The number of ether oxygens (including phenoxy) is 1. The average Bonchev–Trinajstić information content (AvgIpc) is 3.28. The topological polar surface area (TPSA) is 50.6 Å². The molecule has 2 saturated heterocycles. The third-order valence-corrected chi connectivity index (χ3v) is 5.23. The molecule has 120 valence electrons. The summed E-state index contributed by atoms with van der Waals surface area (Å²) < 4.78 is 7.79. The third-order valence-electron chi connectivity index (χ3n) is 5.23. The van der Waals surface area contributed by atoms with Crippen LogP contribution in [0.4, 0.5) is 0 Å². The van der Waals surface area contributed by atoms with Gasteiger partial charge >= 0.3 is 0 Å². The highest BCUT2D eigenvalue weighted by molar-refractivity contribution is 5.95. The molecular weight excluding hydrogens is 280 g/mol. The van der Waals surface area contributed by atoms with Crippen molar-refractivity contribution in [3.05, 3.63) is 17.5 Å². The van der Waals surface area contributed by atoms with Crippen LogP contribution < -0.4 is 0 Å². The Labute approximate surface area is 131 Å². The second-order valence-corrected chi connectivity index (χ2v) is 6.87. The van der Waals surface area contributed by atoms with Crippen LogP contribution in [0.2, 0.25) is 0 Å². The van der Waals surface area contributed by atoms with Crippen molar-refractivity contribution >= 4 is 5.91 Å². The number of carbonyl (C=O) groups excluding carboxylic acids is 1. The summed E-state index contributed by atoms with van der Waals surface area (Å²) in [4.78, 5) is 17.5. The molecule has 22 heavy (non-hydrogen) atoms. The van der Waals surface area contributed by atoms with Crippen molar-refractivity contribution in [2.75, 3.05) is 33.3 Å². The minimum Gasteiger partial charge on any atom is -0.374 e. The molecule has 3 heterocycles. The van der Waals surface area contributed by atoms with Crippen LogP contribution >= 0.6 is 0 Å². The smallest absolute Gasteiger partial charge is 0.257 e. The lowest BCUT2D eigenvalue weighted by atomic mass is 9.98. The SMILES string of the molecule is CN1CCC2OCCN(C(=O)c3cnn(C)c3C3CC3)C2C1. The fraction of sp³-hybridized carbons (Fsp3) is 0.750. The number of piperidine rings is 1. The summed E-state index contributed by atoms with van der Waals surface area (Å²) in [6, 6.07) is 0.173. The van der Waals surface area contributed by atoms with E-state index in [9.17, 15) is 4.79 Å². The monoisotopic (exact) mass is 304 g/mol. The van der Waals surface area contributed by atoms with E-state index in [2.05, 4.69) is 17.0 Å². The first-order valence-electron chi connectivity index (χ1n) is 8.28. The molecular formula is C16H24N4O2. The van der Waals surface area contributed by atoms with E-state index in [4.69, 9.17) is 4.74 Å². The zero-order valence-electron chi connectivity index (χ0n) is 13.4. The molecule has 3 aliphatic rings. The second-order valence-electron chi connectivity index (χ2n) is 6.87. The van der Waals surface area contributed by atoms with Crippen molar-refractivity contribution < 1.29 is 9.53 Å². The van der Waals surface area contributed by atoms with Gasteiger partial charge in [0.05, 0.1) is 36.2 Å². The predicted octanol–water partition coefficient (Wildman–Crippen LogP) is 0.843. The summed E-state index contributed by atoms with van der Waals surface area (Å²) in [7, 11) is 4.06. The van der Waals surface area contributed by atoms with Gasteiger partial charge in [0.15, 0.2) is 0 Å². The minimum absolute atomic E-state index is 0.142. The number of carbonyl (C=O) groups is 1. The maximum Gasteiger partial charge on any atom is 0.257 e. The van der Waals surface area contributed by atoms with Gasteiger partial charge in [0.1, 0.15) is 0 Å². The van der Waals surface area contributed by atoms with Crippen molar-refractivity contribution in [1.82, 2.24) is 19.6 Å². The summed E-state index contributed by atoms with van der Waals surface area (Å²) in [5.41, 5.74) is 1.93. The zero-order valence-corrected chi connectivity index (χ0v) is 13.4. The zero-order chi connectivity index (χ0) is 15.3. The van der Waals surface area contributed by atoms with Crippen molar-refractivity contribution in [3.63, 3.8) is 0 Å². The minimum atomic E-state index is 0.142. The molecule has 1 amide bonds. The molecule has 1 aliphatic carbocycles. The number of nitrogens with zero attached hydrogens (tertiary/aromatic N) is 4. The molecule has 0 spiro atoms. The van der Waals surface area contributed by atoms with Gasteiger partial charge in [-0.25, -0.2) is 0 Å². The number of aryl methyl sites for hydroxylation is 1. The average molecular weight is 304 g/mol. The molecule has 6 nitrogen and oxygen atoms in total. The Bertz CT molecular complexity index is 581. The van der Waals surface area contributed by atoms with Gasteiger partial charge in [0.2, 0.25) is 0 Å². The quantitative estimate of drug-likeness (QED) is 0.812. The van der Waals surface area contributed by atoms with E-state index in [1.54, 1.807) is 6.20 Å². The van der Waals surface area contributed by atoms with Crippen LogP contribution in [0, 0.1) is 0 Å². The Morgan fingerprint density at radius 3 is 2.86 bits per heavy atom. The molecule has 2 atom stereocenters. The number of hydrogen-bond donors (Lipinski definition) is 0. The Kier molecular flexibility index (Phi) is 3.46. The number of rotatable bonds is 2. The molecule has 0 radical (unpaired) electrons. The number of aromatic nitrogens is 2. The number of hydrogen-bond acceptors (Lipinski definition) is 4. The lowest BCUT2D eigenvalue weighted by Gasteiger charge is -2.46. The number of likely N-dealkylation sites (N-methyl/N-ethyl adjacent to an activating group) is 1. The number of morpholine rings is 1. The van der Waals surface area contributed by atoms with E-state index in [-0.39, 0.29) is 18.1 Å². The second kappa shape index (κ2) is 5.35. The molecule has 1 aromatic rings. The van der Waals surface area contributed by atoms with Crippen LogP contribution in [0.15, 0.2) is 6.20 Å². The lowest BCUT2D eigenvalue weighted by Crippen LogP contribution is -2.60. The molecule has 0 bridgehead atoms. The molecule has 0 aromatic carbocycles. The van der Waals surface area contributed by atoms with Gasteiger partial charge in [-0.3, -0.25) is 9.48 Å². The van der Waals surface area contributed by atoms with Crippen molar-refractivity contribution in [2.24, 2.45) is 7.05 Å². The standard InChI is InChI=1S/C16H24N4O2/c1-18-6-5-14-13(10-18)20(7-8-22-14)16(21)12-9-17-19(2)15(12)11-3-4-11/h9,11,13-14H,3-8,10H2,1-2H3. The van der Waals surface area contributed by atoms with E-state index in [0.717, 1.165) is 30.8 Å². The summed E-state index contributed by atoms with van der Waals surface area (Å²) in [6.07, 6.45) is 5.31. The van der Waals surface area contributed by atoms with Gasteiger partial charge in [-0.05, 0) is 26.3 Å². The molecule has 4 rings (SSSR count). The van der Waals surface area contributed by atoms with Crippen LogP contribution in [-0.4, -0.2) is 70.9 Å². The first kappa shape index (κ1) is 14.2. The lowest BCUT2D eigenvalue weighted by molar-refractivity contribution is -0.0870. The Morgan fingerprint density at radius 2 is 2.09 bits per heavy atom. The largest absolute Gasteiger partial charge is 0.374 e. The summed E-state index contributed by atoms with van der Waals surface area (Å²) in [6.45, 7) is 3.28. The van der Waals surface area contributed by atoms with Crippen LogP contribution in [-0.2, 0) is 11.8 Å². The van der Waals surface area contributed by atoms with Crippen LogP contribution in [0.5, 0.6) is 0 Å². The number of amides is 1. The van der Waals surface area contributed by atoms with Crippen LogP contribution in [0.25, 0.3) is 0 Å². The Hall–Kier alpha value is -1.40. The molecule has 1 saturated carbocycles. The maximum absolute atomic E-state index is 13.1. The molecule has 2 unspecified atom stereocenters. The van der Waals surface area contributed by atoms with E-state index in [0.29, 0.717) is 19.1 Å². The highest BCUT2D eigenvalue weighted by Gasteiger charge is 2.40. The van der Waals surface area contributed by atoms with Crippen molar-refractivity contribution in [3.8, 4) is 0 Å². The highest BCUT2D eigenvalue weighted by Crippen LogP contribution is 2.41. The van der Waals surface area contributed by atoms with Gasteiger partial charge in [-0.2, -0.15) is 5.10 Å². The highest BCUT2D eigenvalue weighted by atomic mass is 16.5. The number of likely N-dealkylation sites (tertiary alicyclic amines) is 1. The van der Waals surface area contributed by atoms with E-state index in [1.165, 1.54) is 12.8 Å². The van der Waals surface area contributed by atoms with Gasteiger partial charge < -0.3 is 14.5 Å². The normalized spacial score (nSPS) is 29.5. The maximum atomic E-state index is 13.1. The number of fused-ring (bicyclic) bond motifs is 1. The van der Waals surface area contributed by atoms with Gasteiger partial charge in [-0.15, -0.1) is 0 Å². The Morgan fingerprint density at radius 1 is 1.27 bits per heavy atom. The first-order chi connectivity index (χ1) is 10.6. The molecule has 2 aliphatic heterocycles. The van der Waals surface area contributed by atoms with E-state index in [1.807, 2.05) is 16.6 Å². The van der Waals surface area contributed by atoms with Gasteiger partial charge in [0, 0.05) is 32.6 Å². The van der Waals surface area contributed by atoms with Gasteiger partial charge in [0.25, 0.3) is 5.91 Å². The summed E-state index contributed by atoms with van der Waals surface area (Å²) >= 11 is 0. The Balaban J connectivity index is 1.61. The molecule has 3 fully saturated rings. The van der Waals surface area contributed by atoms with Crippen molar-refractivity contribution in [1.29, 1.82) is 0 Å². The predicted molar refractivity (Wildman–Crippen MR) is 81.9 cm³/mol. The van der Waals surface area contributed by atoms with E-state index >= 15 is 0 Å².